The van der Waals surface area contributed by atoms with Gasteiger partial charge in [-0.15, -0.1) is 24.0 Å². The third kappa shape index (κ3) is 8.61. The van der Waals surface area contributed by atoms with Crippen LogP contribution in [0.3, 0.4) is 0 Å². The van der Waals surface area contributed by atoms with Crippen molar-refractivity contribution in [3.8, 4) is 11.5 Å². The van der Waals surface area contributed by atoms with Crippen molar-refractivity contribution < 1.29 is 9.84 Å². The topological polar surface area (TPSA) is 65.9 Å². The fourth-order valence-corrected chi connectivity index (χ4v) is 2.33. The van der Waals surface area contributed by atoms with Crippen LogP contribution in [0.25, 0.3) is 0 Å². The second-order valence-electron chi connectivity index (χ2n) is 5.74. The molecule has 0 fully saturated rings. The number of methoxy groups -OCH3 is 1. The molecular formula is C18H32IN3O2. The number of hydrogen-bond donors (Lipinski definition) is 3. The van der Waals surface area contributed by atoms with E-state index in [-0.39, 0.29) is 29.7 Å². The number of rotatable bonds is 9. The lowest BCUT2D eigenvalue weighted by Crippen LogP contribution is -2.42. The minimum Gasteiger partial charge on any atom is -0.504 e. The minimum absolute atomic E-state index is 0. The number of benzene rings is 1. The Hall–Kier alpha value is -1.18. The molecule has 138 valence electrons. The van der Waals surface area contributed by atoms with E-state index in [2.05, 4.69) is 36.4 Å². The highest BCUT2D eigenvalue weighted by Gasteiger charge is 2.06. The average Bonchev–Trinajstić information content (AvgIpc) is 2.53. The quantitative estimate of drug-likeness (QED) is 0.231. The van der Waals surface area contributed by atoms with E-state index in [1.54, 1.807) is 19.2 Å². The molecule has 0 spiro atoms. The van der Waals surface area contributed by atoms with E-state index in [9.17, 15) is 5.11 Å². The van der Waals surface area contributed by atoms with Crippen LogP contribution in [0, 0.1) is 0 Å². The smallest absolute Gasteiger partial charge is 0.191 e. The number of unbranched alkanes of at least 4 members (excludes halogenated alkanes) is 2. The Bertz CT molecular complexity index is 495. The number of phenolic OH excluding ortho intramolecular Hbond substituents is 1. The van der Waals surface area contributed by atoms with Gasteiger partial charge in [-0.2, -0.15) is 0 Å². The molecule has 5 nitrogen and oxygen atoms in total. The molecule has 0 saturated carbocycles. The fourth-order valence-electron chi connectivity index (χ4n) is 2.33. The number of phenols is 1. The summed E-state index contributed by atoms with van der Waals surface area (Å²) in [6, 6.07) is 5.75. The number of guanidine groups is 1. The zero-order chi connectivity index (χ0) is 17.1. The highest BCUT2D eigenvalue weighted by Crippen LogP contribution is 2.26. The van der Waals surface area contributed by atoms with Crippen molar-refractivity contribution >= 4 is 29.9 Å². The van der Waals surface area contributed by atoms with Crippen LogP contribution in [0.2, 0.25) is 0 Å². The Morgan fingerprint density at radius 2 is 2.04 bits per heavy atom. The third-order valence-electron chi connectivity index (χ3n) is 3.63. The van der Waals surface area contributed by atoms with Gasteiger partial charge in [-0.25, -0.2) is 4.99 Å². The lowest BCUT2D eigenvalue weighted by Gasteiger charge is -2.17. The Balaban J connectivity index is 0.00000529. The van der Waals surface area contributed by atoms with Gasteiger partial charge < -0.3 is 20.5 Å². The maximum Gasteiger partial charge on any atom is 0.191 e. The van der Waals surface area contributed by atoms with E-state index >= 15 is 0 Å². The average molecular weight is 449 g/mol. The number of aliphatic imine (C=N–C) groups is 1. The summed E-state index contributed by atoms with van der Waals surface area (Å²) in [5, 5.41) is 16.5. The molecule has 1 aromatic carbocycles. The van der Waals surface area contributed by atoms with E-state index in [1.165, 1.54) is 19.3 Å². The standard InChI is InChI=1S/C18H31N3O2.HI/c1-5-7-8-9-14(3)21-18(19-6-2)20-13-15-10-11-17(23-4)16(22)12-15;/h10-12,14,22H,5-9,13H2,1-4H3,(H2,19,20,21);1H. The summed E-state index contributed by atoms with van der Waals surface area (Å²) in [4.78, 5) is 4.59. The van der Waals surface area contributed by atoms with E-state index < -0.39 is 0 Å². The second kappa shape index (κ2) is 13.1. The van der Waals surface area contributed by atoms with Crippen LogP contribution in [0.4, 0.5) is 0 Å². The molecule has 0 aliphatic carbocycles. The fraction of sp³-hybridized carbons (Fsp3) is 0.611. The highest BCUT2D eigenvalue weighted by atomic mass is 127. The zero-order valence-corrected chi connectivity index (χ0v) is 17.6. The normalized spacial score (nSPS) is 12.2. The van der Waals surface area contributed by atoms with Gasteiger partial charge in [0.1, 0.15) is 0 Å². The summed E-state index contributed by atoms with van der Waals surface area (Å²) in [5.41, 5.74) is 0.944. The molecule has 0 aromatic heterocycles. The lowest BCUT2D eigenvalue weighted by atomic mass is 10.1. The molecule has 1 rings (SSSR count). The van der Waals surface area contributed by atoms with E-state index in [1.807, 2.05) is 6.07 Å². The van der Waals surface area contributed by atoms with Crippen LogP contribution in [0.1, 0.15) is 52.0 Å². The molecule has 0 amide bonds. The number of aromatic hydroxyl groups is 1. The first kappa shape index (κ1) is 22.8. The Kier molecular flexibility index (Phi) is 12.5. The van der Waals surface area contributed by atoms with E-state index in [4.69, 9.17) is 4.74 Å². The number of ether oxygens (including phenoxy) is 1. The number of nitrogens with zero attached hydrogens (tertiary/aromatic N) is 1. The third-order valence-corrected chi connectivity index (χ3v) is 3.63. The summed E-state index contributed by atoms with van der Waals surface area (Å²) < 4.78 is 5.05. The molecule has 0 saturated heterocycles. The Labute approximate surface area is 163 Å². The van der Waals surface area contributed by atoms with Crippen molar-refractivity contribution in [2.24, 2.45) is 4.99 Å². The van der Waals surface area contributed by atoms with Crippen LogP contribution < -0.4 is 15.4 Å². The molecule has 24 heavy (non-hydrogen) atoms. The van der Waals surface area contributed by atoms with Crippen molar-refractivity contribution in [1.29, 1.82) is 0 Å². The second-order valence-corrected chi connectivity index (χ2v) is 5.74. The van der Waals surface area contributed by atoms with Crippen LogP contribution in [-0.2, 0) is 6.54 Å². The van der Waals surface area contributed by atoms with Crippen LogP contribution in [0.5, 0.6) is 11.5 Å². The minimum atomic E-state index is 0. The predicted molar refractivity (Wildman–Crippen MR) is 112 cm³/mol. The molecule has 0 heterocycles. The van der Waals surface area contributed by atoms with Gasteiger partial charge in [0, 0.05) is 12.6 Å². The highest BCUT2D eigenvalue weighted by molar-refractivity contribution is 14.0. The first-order valence-electron chi connectivity index (χ1n) is 8.51. The number of halogens is 1. The van der Waals surface area contributed by atoms with Gasteiger partial charge in [-0.1, -0.05) is 32.3 Å². The van der Waals surface area contributed by atoms with Crippen LogP contribution in [0.15, 0.2) is 23.2 Å². The van der Waals surface area contributed by atoms with Gasteiger partial charge in [-0.3, -0.25) is 0 Å². The van der Waals surface area contributed by atoms with Gasteiger partial charge >= 0.3 is 0 Å². The molecule has 6 heteroatoms. The largest absolute Gasteiger partial charge is 0.504 e. The Morgan fingerprint density at radius 3 is 2.62 bits per heavy atom. The van der Waals surface area contributed by atoms with E-state index in [0.29, 0.717) is 18.3 Å². The molecule has 0 bridgehead atoms. The summed E-state index contributed by atoms with van der Waals surface area (Å²) >= 11 is 0. The maximum atomic E-state index is 9.82. The van der Waals surface area contributed by atoms with Crippen LogP contribution in [-0.4, -0.2) is 30.8 Å². The molecular weight excluding hydrogens is 417 g/mol. The van der Waals surface area contributed by atoms with Gasteiger partial charge in [-0.05, 0) is 38.0 Å². The van der Waals surface area contributed by atoms with Crippen molar-refractivity contribution in [1.82, 2.24) is 10.6 Å². The van der Waals surface area contributed by atoms with Gasteiger partial charge in [0.2, 0.25) is 0 Å². The first-order chi connectivity index (χ1) is 11.1. The zero-order valence-electron chi connectivity index (χ0n) is 15.3. The molecule has 0 radical (unpaired) electrons. The molecule has 0 aliphatic heterocycles. The summed E-state index contributed by atoms with van der Waals surface area (Å²) in [5.74, 6) is 1.44. The van der Waals surface area contributed by atoms with Gasteiger partial charge in [0.15, 0.2) is 17.5 Å². The van der Waals surface area contributed by atoms with Crippen molar-refractivity contribution in [3.63, 3.8) is 0 Å². The molecule has 1 unspecified atom stereocenters. The summed E-state index contributed by atoms with van der Waals surface area (Å²) in [6.45, 7) is 7.78. The molecule has 1 aromatic rings. The van der Waals surface area contributed by atoms with Crippen molar-refractivity contribution in [2.75, 3.05) is 13.7 Å². The predicted octanol–water partition coefficient (Wildman–Crippen LogP) is 4.04. The van der Waals surface area contributed by atoms with Crippen molar-refractivity contribution in [3.05, 3.63) is 23.8 Å². The van der Waals surface area contributed by atoms with Gasteiger partial charge in [0.25, 0.3) is 0 Å². The molecule has 0 aliphatic rings. The number of nitrogens with one attached hydrogen (secondary N) is 2. The summed E-state index contributed by atoms with van der Waals surface area (Å²) in [6.07, 6.45) is 4.88. The van der Waals surface area contributed by atoms with Crippen LogP contribution >= 0.6 is 24.0 Å². The molecule has 1 atom stereocenters. The maximum absolute atomic E-state index is 9.82. The SMILES string of the molecule is CCCCCC(C)NC(=NCc1ccc(OC)c(O)c1)NCC.I. The Morgan fingerprint density at radius 1 is 1.29 bits per heavy atom. The van der Waals surface area contributed by atoms with Crippen molar-refractivity contribution in [2.45, 2.75) is 59.0 Å². The van der Waals surface area contributed by atoms with Gasteiger partial charge in [0.05, 0.1) is 13.7 Å². The van der Waals surface area contributed by atoms with E-state index in [0.717, 1.165) is 24.5 Å². The lowest BCUT2D eigenvalue weighted by molar-refractivity contribution is 0.373. The molecule has 3 N–H and O–H groups in total. The monoisotopic (exact) mass is 449 g/mol. The number of hydrogen-bond acceptors (Lipinski definition) is 3. The summed E-state index contributed by atoms with van der Waals surface area (Å²) in [7, 11) is 1.54. The first-order valence-corrected chi connectivity index (χ1v) is 8.51.